The summed E-state index contributed by atoms with van der Waals surface area (Å²) in [5, 5.41) is 19.3. The van der Waals surface area contributed by atoms with E-state index in [1.165, 1.54) is 30.3 Å². The predicted molar refractivity (Wildman–Crippen MR) is 122 cm³/mol. The van der Waals surface area contributed by atoms with Gasteiger partial charge in [-0.1, -0.05) is 48.5 Å². The lowest BCUT2D eigenvalue weighted by molar-refractivity contribution is -0.138. The molecule has 3 aromatic rings. The molecular weight excluding hydrogens is 447 g/mol. The molecule has 0 amide bonds. The number of fused-ring (bicyclic) bond motifs is 1. The maximum absolute atomic E-state index is 14.0. The first-order valence-corrected chi connectivity index (χ1v) is 11.2. The molecule has 0 heterocycles. The molecule has 0 bridgehead atoms. The summed E-state index contributed by atoms with van der Waals surface area (Å²) in [6, 6.07) is 16.8. The monoisotopic (exact) mass is 475 g/mol. The van der Waals surface area contributed by atoms with Gasteiger partial charge in [-0.3, -0.25) is 0 Å². The molecule has 0 aromatic heterocycles. The minimum Gasteiger partial charge on any atom is -0.490 e. The van der Waals surface area contributed by atoms with Crippen LogP contribution in [0.25, 0.3) is 10.8 Å². The SMILES string of the molecule is NC(CO)(CO)c1ccc2c(C(F)(F)F)c(O[C@H]3C[C@@H](COCc4ccccc4)C3)ccc2c1. The van der Waals surface area contributed by atoms with Crippen molar-refractivity contribution in [1.29, 1.82) is 0 Å². The number of aliphatic hydroxyl groups excluding tert-OH is 2. The summed E-state index contributed by atoms with van der Waals surface area (Å²) in [5.74, 6) is 0.0467. The van der Waals surface area contributed by atoms with Crippen LogP contribution in [-0.4, -0.2) is 36.1 Å². The van der Waals surface area contributed by atoms with Crippen LogP contribution < -0.4 is 10.5 Å². The molecule has 8 heteroatoms. The Morgan fingerprint density at radius 1 is 0.941 bits per heavy atom. The molecule has 0 atom stereocenters. The van der Waals surface area contributed by atoms with Crippen LogP contribution in [0, 0.1) is 5.92 Å². The second-order valence-electron chi connectivity index (χ2n) is 8.92. The number of hydrogen-bond acceptors (Lipinski definition) is 5. The van der Waals surface area contributed by atoms with Gasteiger partial charge in [-0.2, -0.15) is 13.2 Å². The number of ether oxygens (including phenoxy) is 2. The van der Waals surface area contributed by atoms with E-state index in [4.69, 9.17) is 15.2 Å². The Balaban J connectivity index is 1.45. The fraction of sp³-hybridized carbons (Fsp3) is 0.385. The highest BCUT2D eigenvalue weighted by molar-refractivity contribution is 5.89. The first-order valence-electron chi connectivity index (χ1n) is 11.2. The van der Waals surface area contributed by atoms with Crippen molar-refractivity contribution in [1.82, 2.24) is 0 Å². The second kappa shape index (κ2) is 9.92. The van der Waals surface area contributed by atoms with Gasteiger partial charge in [0, 0.05) is 0 Å². The van der Waals surface area contributed by atoms with Crippen LogP contribution in [0.5, 0.6) is 5.75 Å². The number of benzene rings is 3. The van der Waals surface area contributed by atoms with E-state index in [9.17, 15) is 23.4 Å². The van der Waals surface area contributed by atoms with E-state index in [0.717, 1.165) is 5.56 Å². The zero-order chi connectivity index (χ0) is 24.3. The Hall–Kier alpha value is -2.65. The fourth-order valence-corrected chi connectivity index (χ4v) is 4.25. The van der Waals surface area contributed by atoms with Gasteiger partial charge in [0.05, 0.1) is 38.1 Å². The van der Waals surface area contributed by atoms with Gasteiger partial charge < -0.3 is 25.4 Å². The Labute approximate surface area is 195 Å². The van der Waals surface area contributed by atoms with Crippen LogP contribution in [0.3, 0.4) is 0 Å². The molecule has 4 rings (SSSR count). The number of hydrogen-bond donors (Lipinski definition) is 3. The van der Waals surface area contributed by atoms with E-state index in [2.05, 4.69) is 0 Å². The molecule has 0 radical (unpaired) electrons. The standard InChI is InChI=1S/C26H28F3NO4/c27-26(28,29)24-22-8-7-20(25(30,15-31)16-32)12-19(22)6-9-23(24)34-21-10-18(11-21)14-33-13-17-4-2-1-3-5-17/h1-9,12,18,21,31-32H,10-11,13-16,30H2/t18-,21+. The quantitative estimate of drug-likeness (QED) is 0.428. The molecule has 182 valence electrons. The summed E-state index contributed by atoms with van der Waals surface area (Å²) >= 11 is 0. The molecule has 1 aliphatic carbocycles. The van der Waals surface area contributed by atoms with E-state index in [1.807, 2.05) is 30.3 Å². The number of aliphatic hydroxyl groups is 2. The third-order valence-electron chi connectivity index (χ3n) is 6.36. The maximum Gasteiger partial charge on any atom is 0.420 e. The van der Waals surface area contributed by atoms with Crippen LogP contribution >= 0.6 is 0 Å². The van der Waals surface area contributed by atoms with Gasteiger partial charge in [-0.25, -0.2) is 0 Å². The third kappa shape index (κ3) is 5.20. The third-order valence-corrected chi connectivity index (χ3v) is 6.36. The lowest BCUT2D eigenvalue weighted by Gasteiger charge is -2.36. The van der Waals surface area contributed by atoms with Crippen molar-refractivity contribution in [2.45, 2.75) is 37.3 Å². The second-order valence-corrected chi connectivity index (χ2v) is 8.92. The Morgan fingerprint density at radius 2 is 1.65 bits per heavy atom. The molecule has 0 aliphatic heterocycles. The zero-order valence-corrected chi connectivity index (χ0v) is 18.6. The first kappa shape index (κ1) is 24.5. The molecule has 0 saturated heterocycles. The molecule has 4 N–H and O–H groups in total. The molecule has 0 unspecified atom stereocenters. The topological polar surface area (TPSA) is 84.9 Å². The lowest BCUT2D eigenvalue weighted by atomic mass is 9.83. The van der Waals surface area contributed by atoms with E-state index in [1.54, 1.807) is 0 Å². The van der Waals surface area contributed by atoms with Crippen molar-refractivity contribution in [2.24, 2.45) is 11.7 Å². The smallest absolute Gasteiger partial charge is 0.420 e. The Kier molecular flexibility index (Phi) is 7.14. The number of rotatable bonds is 9. The van der Waals surface area contributed by atoms with Gasteiger partial charge in [0.2, 0.25) is 0 Å². The average molecular weight is 476 g/mol. The summed E-state index contributed by atoms with van der Waals surface area (Å²) in [6.45, 7) is -0.0389. The number of nitrogens with two attached hydrogens (primary N) is 1. The van der Waals surface area contributed by atoms with Crippen molar-refractivity contribution in [3.8, 4) is 5.75 Å². The van der Waals surface area contributed by atoms with Gasteiger partial charge in [0.1, 0.15) is 11.3 Å². The molecule has 1 aliphatic rings. The number of alkyl halides is 3. The molecular formula is C26H28F3NO4. The van der Waals surface area contributed by atoms with Crippen molar-refractivity contribution in [3.63, 3.8) is 0 Å². The molecule has 34 heavy (non-hydrogen) atoms. The lowest BCUT2D eigenvalue weighted by Crippen LogP contribution is -2.44. The van der Waals surface area contributed by atoms with Crippen molar-refractivity contribution < 1.29 is 32.9 Å². The maximum atomic E-state index is 14.0. The predicted octanol–water partition coefficient (Wildman–Crippen LogP) is 4.37. The van der Waals surface area contributed by atoms with E-state index < -0.39 is 30.5 Å². The molecule has 1 fully saturated rings. The highest BCUT2D eigenvalue weighted by Crippen LogP contribution is 2.44. The summed E-state index contributed by atoms with van der Waals surface area (Å²) in [4.78, 5) is 0. The largest absolute Gasteiger partial charge is 0.490 e. The van der Waals surface area contributed by atoms with Crippen LogP contribution in [0.2, 0.25) is 0 Å². The highest BCUT2D eigenvalue weighted by Gasteiger charge is 2.39. The van der Waals surface area contributed by atoms with Crippen LogP contribution in [-0.2, 0) is 23.1 Å². The molecule has 1 saturated carbocycles. The van der Waals surface area contributed by atoms with Gasteiger partial charge in [0.25, 0.3) is 0 Å². The van der Waals surface area contributed by atoms with E-state index >= 15 is 0 Å². The first-order chi connectivity index (χ1) is 16.2. The average Bonchev–Trinajstić information content (AvgIpc) is 2.81. The van der Waals surface area contributed by atoms with Gasteiger partial charge >= 0.3 is 6.18 Å². The summed E-state index contributed by atoms with van der Waals surface area (Å²) in [6.07, 6.45) is -3.66. The number of halogens is 3. The Bertz CT molecular complexity index is 1110. The van der Waals surface area contributed by atoms with Crippen LogP contribution in [0.1, 0.15) is 29.5 Å². The Morgan fingerprint density at radius 3 is 2.29 bits per heavy atom. The summed E-state index contributed by atoms with van der Waals surface area (Å²) < 4.78 is 53.6. The van der Waals surface area contributed by atoms with Crippen LogP contribution in [0.15, 0.2) is 60.7 Å². The normalized spacial score (nSPS) is 18.6. The van der Waals surface area contributed by atoms with Gasteiger partial charge in [-0.15, -0.1) is 0 Å². The minimum atomic E-state index is -4.62. The zero-order valence-electron chi connectivity index (χ0n) is 18.6. The molecule has 0 spiro atoms. The van der Waals surface area contributed by atoms with Crippen LogP contribution in [0.4, 0.5) is 13.2 Å². The fourth-order valence-electron chi connectivity index (χ4n) is 4.25. The summed E-state index contributed by atoms with van der Waals surface area (Å²) in [5.41, 5.74) is 5.13. The molecule has 3 aromatic carbocycles. The van der Waals surface area contributed by atoms with Crippen molar-refractivity contribution in [2.75, 3.05) is 19.8 Å². The van der Waals surface area contributed by atoms with Crippen molar-refractivity contribution in [3.05, 3.63) is 77.4 Å². The molecule has 5 nitrogen and oxygen atoms in total. The highest BCUT2D eigenvalue weighted by atomic mass is 19.4. The summed E-state index contributed by atoms with van der Waals surface area (Å²) in [7, 11) is 0. The minimum absolute atomic E-state index is 0.0194. The van der Waals surface area contributed by atoms with E-state index in [-0.39, 0.29) is 23.2 Å². The van der Waals surface area contributed by atoms with Crippen molar-refractivity contribution >= 4 is 10.8 Å². The van der Waals surface area contributed by atoms with Gasteiger partial charge in [0.15, 0.2) is 0 Å². The van der Waals surface area contributed by atoms with E-state index in [0.29, 0.717) is 37.0 Å². The van der Waals surface area contributed by atoms with Gasteiger partial charge in [-0.05, 0) is 52.8 Å².